The Balaban J connectivity index is 1.20. The number of aromatic nitrogens is 5. The van der Waals surface area contributed by atoms with Crippen molar-refractivity contribution in [3.8, 4) is 11.3 Å². The Morgan fingerprint density at radius 2 is 1.64 bits per heavy atom. The summed E-state index contributed by atoms with van der Waals surface area (Å²) in [5, 5.41) is 2.71. The average molecular weight is 559 g/mol. The van der Waals surface area contributed by atoms with Crippen molar-refractivity contribution in [3.63, 3.8) is 0 Å². The number of aryl methyl sites for hydroxylation is 1. The maximum atomic E-state index is 13.6. The second-order valence-corrected chi connectivity index (χ2v) is 10.9. The molecule has 1 aliphatic rings. The molecule has 0 bridgehead atoms. The van der Waals surface area contributed by atoms with Gasteiger partial charge >= 0.3 is 11.7 Å². The van der Waals surface area contributed by atoms with Crippen LogP contribution in [-0.4, -0.2) is 48.2 Å². The summed E-state index contributed by atoms with van der Waals surface area (Å²) in [6.07, 6.45) is 6.72. The number of hydrogen-bond donors (Lipinski definition) is 0. The number of benzene rings is 2. The lowest BCUT2D eigenvalue weighted by molar-refractivity contribution is -0.127. The highest BCUT2D eigenvalue weighted by Gasteiger charge is 2.30. The van der Waals surface area contributed by atoms with E-state index in [1.54, 1.807) is 35.0 Å². The maximum Gasteiger partial charge on any atom is 0.357 e. The van der Waals surface area contributed by atoms with Gasteiger partial charge in [0.15, 0.2) is 0 Å². The number of imidazole rings is 1. The monoisotopic (exact) mass is 558 g/mol. The van der Waals surface area contributed by atoms with E-state index in [4.69, 9.17) is 9.82 Å². The van der Waals surface area contributed by atoms with Crippen LogP contribution in [0, 0.1) is 0 Å². The van der Waals surface area contributed by atoms with Crippen molar-refractivity contribution in [2.24, 2.45) is 7.05 Å². The number of rotatable bonds is 5. The van der Waals surface area contributed by atoms with Crippen molar-refractivity contribution >= 4 is 38.9 Å². The lowest BCUT2D eigenvalue weighted by Gasteiger charge is -2.33. The van der Waals surface area contributed by atoms with Gasteiger partial charge in [0.2, 0.25) is 0 Å². The number of hydroxylamine groups is 2. The van der Waals surface area contributed by atoms with Gasteiger partial charge in [0, 0.05) is 43.3 Å². The van der Waals surface area contributed by atoms with Crippen LogP contribution in [0.15, 0.2) is 90.0 Å². The van der Waals surface area contributed by atoms with Gasteiger partial charge in [-0.3, -0.25) is 19.1 Å². The van der Waals surface area contributed by atoms with Crippen LogP contribution >= 0.6 is 0 Å². The molecule has 42 heavy (non-hydrogen) atoms. The van der Waals surface area contributed by atoms with Crippen LogP contribution in [0.2, 0.25) is 0 Å². The fraction of sp³-hybridized carbons (Fsp3) is 0.242. The Morgan fingerprint density at radius 3 is 2.45 bits per heavy atom. The van der Waals surface area contributed by atoms with Gasteiger partial charge in [0.1, 0.15) is 5.52 Å². The minimum absolute atomic E-state index is 0.00549. The molecular weight excluding hydrogens is 528 g/mol. The van der Waals surface area contributed by atoms with Gasteiger partial charge in [-0.05, 0) is 62.1 Å². The molecule has 2 aromatic carbocycles. The number of carbonyl (C=O) groups excluding carboxylic acids is 1. The second kappa shape index (κ2) is 10.5. The van der Waals surface area contributed by atoms with Crippen LogP contribution in [0.4, 0.5) is 0 Å². The lowest BCUT2D eigenvalue weighted by Crippen LogP contribution is -2.38. The first kappa shape index (κ1) is 26.0. The highest BCUT2D eigenvalue weighted by atomic mass is 16.7. The van der Waals surface area contributed by atoms with Gasteiger partial charge in [-0.2, -0.15) is 0 Å². The zero-order chi connectivity index (χ0) is 28.8. The van der Waals surface area contributed by atoms with Crippen LogP contribution < -0.4 is 5.69 Å². The molecular formula is C33H30N6O3. The summed E-state index contributed by atoms with van der Waals surface area (Å²) in [6, 6.07) is 23.1. The van der Waals surface area contributed by atoms with E-state index in [0.717, 1.165) is 64.4 Å². The molecule has 1 fully saturated rings. The first-order valence-electron chi connectivity index (χ1n) is 14.2. The molecule has 9 heteroatoms. The normalized spacial score (nSPS) is 17.3. The van der Waals surface area contributed by atoms with E-state index >= 15 is 0 Å². The SMILES string of the molecule is CN(OC(=O)c1ccccc1)C1CCC(n2c(=O)n(C)c3cnc4ccc(-c5cnc6ccccc6c5)nc4c32)CC1. The molecule has 210 valence electrons. The van der Waals surface area contributed by atoms with Gasteiger partial charge in [0.25, 0.3) is 0 Å². The molecule has 7 rings (SSSR count). The quantitative estimate of drug-likeness (QED) is 0.251. The second-order valence-electron chi connectivity index (χ2n) is 10.9. The summed E-state index contributed by atoms with van der Waals surface area (Å²) in [6.45, 7) is 0. The highest BCUT2D eigenvalue weighted by Crippen LogP contribution is 2.34. The average Bonchev–Trinajstić information content (AvgIpc) is 3.30. The van der Waals surface area contributed by atoms with Crippen LogP contribution in [0.3, 0.4) is 0 Å². The summed E-state index contributed by atoms with van der Waals surface area (Å²) < 4.78 is 3.56. The van der Waals surface area contributed by atoms with Crippen LogP contribution in [0.25, 0.3) is 44.2 Å². The number of carbonyl (C=O) groups is 1. The van der Waals surface area contributed by atoms with Crippen molar-refractivity contribution in [2.45, 2.75) is 37.8 Å². The summed E-state index contributed by atoms with van der Waals surface area (Å²) in [7, 11) is 3.59. The number of fused-ring (bicyclic) bond motifs is 4. The van der Waals surface area contributed by atoms with E-state index in [-0.39, 0.29) is 23.7 Å². The third-order valence-electron chi connectivity index (χ3n) is 8.43. The fourth-order valence-corrected chi connectivity index (χ4v) is 6.11. The third kappa shape index (κ3) is 4.52. The minimum Gasteiger partial charge on any atom is -0.364 e. The van der Waals surface area contributed by atoms with Gasteiger partial charge in [-0.15, -0.1) is 5.06 Å². The number of para-hydroxylation sites is 1. The number of hydrogen-bond acceptors (Lipinski definition) is 7. The number of pyridine rings is 3. The lowest BCUT2D eigenvalue weighted by atomic mass is 9.91. The zero-order valence-corrected chi connectivity index (χ0v) is 23.5. The molecule has 0 atom stereocenters. The predicted octanol–water partition coefficient (Wildman–Crippen LogP) is 5.69. The van der Waals surface area contributed by atoms with E-state index in [2.05, 4.69) is 16.0 Å². The summed E-state index contributed by atoms with van der Waals surface area (Å²) in [4.78, 5) is 46.2. The van der Waals surface area contributed by atoms with Crippen molar-refractivity contribution in [2.75, 3.05) is 7.05 Å². The van der Waals surface area contributed by atoms with E-state index in [9.17, 15) is 9.59 Å². The van der Waals surface area contributed by atoms with E-state index in [1.165, 1.54) is 0 Å². The molecule has 9 nitrogen and oxygen atoms in total. The van der Waals surface area contributed by atoms with Crippen molar-refractivity contribution in [1.82, 2.24) is 29.1 Å². The highest BCUT2D eigenvalue weighted by molar-refractivity contribution is 6.00. The largest absolute Gasteiger partial charge is 0.364 e. The molecule has 0 radical (unpaired) electrons. The van der Waals surface area contributed by atoms with E-state index in [1.807, 2.05) is 72.4 Å². The molecule has 4 aromatic heterocycles. The summed E-state index contributed by atoms with van der Waals surface area (Å²) >= 11 is 0. The molecule has 1 aliphatic carbocycles. The van der Waals surface area contributed by atoms with Gasteiger partial charge in [-0.25, -0.2) is 14.6 Å². The summed E-state index contributed by atoms with van der Waals surface area (Å²) in [5.74, 6) is -0.368. The summed E-state index contributed by atoms with van der Waals surface area (Å²) in [5.41, 5.74) is 6.06. The molecule has 0 saturated heterocycles. The number of nitrogens with zero attached hydrogens (tertiary/aromatic N) is 6. The first-order chi connectivity index (χ1) is 20.5. The Morgan fingerprint density at radius 1 is 0.905 bits per heavy atom. The molecule has 1 saturated carbocycles. The van der Waals surface area contributed by atoms with Gasteiger partial charge < -0.3 is 4.84 Å². The molecule has 0 spiro atoms. The van der Waals surface area contributed by atoms with Crippen LogP contribution in [-0.2, 0) is 11.9 Å². The van der Waals surface area contributed by atoms with Crippen LogP contribution in [0.5, 0.6) is 0 Å². The third-order valence-corrected chi connectivity index (χ3v) is 8.43. The van der Waals surface area contributed by atoms with Crippen molar-refractivity contribution < 1.29 is 9.63 Å². The molecule has 0 unspecified atom stereocenters. The Hall–Kier alpha value is -4.89. The Labute approximate surface area is 242 Å². The topological polar surface area (TPSA) is 95.1 Å². The maximum absolute atomic E-state index is 13.6. The molecule has 4 heterocycles. The van der Waals surface area contributed by atoms with Crippen LogP contribution in [0.1, 0.15) is 42.1 Å². The van der Waals surface area contributed by atoms with Gasteiger partial charge in [-0.1, -0.05) is 36.4 Å². The van der Waals surface area contributed by atoms with Gasteiger partial charge in [0.05, 0.1) is 39.5 Å². The van der Waals surface area contributed by atoms with E-state index in [0.29, 0.717) is 11.1 Å². The molecule has 0 N–H and O–H groups in total. The smallest absolute Gasteiger partial charge is 0.357 e. The zero-order valence-electron chi connectivity index (χ0n) is 23.5. The predicted molar refractivity (Wildman–Crippen MR) is 162 cm³/mol. The minimum atomic E-state index is -0.368. The van der Waals surface area contributed by atoms with Crippen molar-refractivity contribution in [1.29, 1.82) is 0 Å². The first-order valence-corrected chi connectivity index (χ1v) is 14.2. The van der Waals surface area contributed by atoms with Crippen molar-refractivity contribution in [3.05, 3.63) is 101 Å². The standard InChI is InChI=1S/C33H30N6O3/c1-37-29-20-35-28-17-16-27(23-18-22-10-6-7-11-26(22)34-19-23)36-30(28)31(29)39(33(37)41)25-14-12-24(13-15-25)38(2)42-32(40)21-8-4-3-5-9-21/h3-11,16-20,24-25H,12-15H2,1-2H3. The molecule has 6 aromatic rings. The Bertz CT molecular complexity index is 2010. The molecule has 0 aliphatic heterocycles. The Kier molecular flexibility index (Phi) is 6.51. The molecule has 0 amide bonds. The van der Waals surface area contributed by atoms with E-state index < -0.39 is 0 Å². The fourth-order valence-electron chi connectivity index (χ4n) is 6.11.